The average Bonchev–Trinajstić information content (AvgIpc) is 2.79. The molecule has 15 heavy (non-hydrogen) atoms. The molecule has 2 aromatic heterocycles. The van der Waals surface area contributed by atoms with Gasteiger partial charge in [-0.25, -0.2) is 4.98 Å². The van der Waals surface area contributed by atoms with E-state index in [4.69, 9.17) is 0 Å². The van der Waals surface area contributed by atoms with Crippen molar-refractivity contribution < 1.29 is 0 Å². The first-order chi connectivity index (χ1) is 7.25. The van der Waals surface area contributed by atoms with Crippen LogP contribution in [0.3, 0.4) is 0 Å². The molecule has 0 bridgehead atoms. The highest BCUT2D eigenvalue weighted by atomic mass is 32.1. The van der Waals surface area contributed by atoms with Gasteiger partial charge in [-0.2, -0.15) is 0 Å². The molecule has 0 aliphatic carbocycles. The van der Waals surface area contributed by atoms with Gasteiger partial charge in [-0.3, -0.25) is 0 Å². The standard InChI is InChI=1S/C11H15N3S/c1-8-9(2)15-11(14-8)7-13-6-10-3-4-12-5-10/h3-5,12-13H,6-7H2,1-2H3. The SMILES string of the molecule is Cc1nc(CNCc2cc[nH]c2)sc1C. The normalized spacial score (nSPS) is 10.8. The van der Waals surface area contributed by atoms with E-state index < -0.39 is 0 Å². The molecule has 0 spiro atoms. The molecule has 0 aromatic carbocycles. The zero-order valence-corrected chi connectivity index (χ0v) is 9.82. The minimum atomic E-state index is 0.852. The Morgan fingerprint density at radius 1 is 1.40 bits per heavy atom. The van der Waals surface area contributed by atoms with Gasteiger partial charge in [-0.05, 0) is 25.5 Å². The second-order valence-electron chi connectivity index (χ2n) is 3.57. The van der Waals surface area contributed by atoms with Crippen LogP contribution in [0, 0.1) is 13.8 Å². The molecule has 0 atom stereocenters. The molecule has 0 saturated heterocycles. The zero-order valence-electron chi connectivity index (χ0n) is 9.00. The van der Waals surface area contributed by atoms with Crippen molar-refractivity contribution in [2.24, 2.45) is 0 Å². The van der Waals surface area contributed by atoms with Gasteiger partial charge in [0, 0.05) is 30.4 Å². The van der Waals surface area contributed by atoms with Gasteiger partial charge in [0.2, 0.25) is 0 Å². The molecule has 0 saturated carbocycles. The third kappa shape index (κ3) is 2.67. The largest absolute Gasteiger partial charge is 0.367 e. The van der Waals surface area contributed by atoms with Crippen LogP contribution in [0.25, 0.3) is 0 Å². The van der Waals surface area contributed by atoms with E-state index in [1.54, 1.807) is 11.3 Å². The molecular weight excluding hydrogens is 206 g/mol. The molecule has 0 unspecified atom stereocenters. The predicted octanol–water partition coefficient (Wildman–Crippen LogP) is 2.38. The van der Waals surface area contributed by atoms with E-state index in [0.717, 1.165) is 18.8 Å². The number of nitrogens with zero attached hydrogens (tertiary/aromatic N) is 1. The first-order valence-corrected chi connectivity index (χ1v) is 5.82. The maximum atomic E-state index is 4.48. The van der Waals surface area contributed by atoms with Crippen molar-refractivity contribution in [1.29, 1.82) is 0 Å². The van der Waals surface area contributed by atoms with E-state index in [0.29, 0.717) is 0 Å². The van der Waals surface area contributed by atoms with Gasteiger partial charge in [-0.15, -0.1) is 11.3 Å². The van der Waals surface area contributed by atoms with E-state index in [-0.39, 0.29) is 0 Å². The second kappa shape index (κ2) is 4.59. The molecule has 3 nitrogen and oxygen atoms in total. The Bertz CT molecular complexity index is 397. The van der Waals surface area contributed by atoms with E-state index in [2.05, 4.69) is 35.2 Å². The Balaban J connectivity index is 1.83. The molecule has 0 amide bonds. The van der Waals surface area contributed by atoms with Crippen LogP contribution in [0.4, 0.5) is 0 Å². The predicted molar refractivity (Wildman–Crippen MR) is 62.9 cm³/mol. The van der Waals surface area contributed by atoms with Gasteiger partial charge >= 0.3 is 0 Å². The molecule has 0 aliphatic heterocycles. The molecule has 0 fully saturated rings. The van der Waals surface area contributed by atoms with Crippen molar-refractivity contribution in [3.63, 3.8) is 0 Å². The summed E-state index contributed by atoms with van der Waals surface area (Å²) in [6.45, 7) is 5.91. The van der Waals surface area contributed by atoms with E-state index in [9.17, 15) is 0 Å². The summed E-state index contributed by atoms with van der Waals surface area (Å²) >= 11 is 1.77. The van der Waals surface area contributed by atoms with Gasteiger partial charge in [0.1, 0.15) is 5.01 Å². The Morgan fingerprint density at radius 2 is 2.27 bits per heavy atom. The van der Waals surface area contributed by atoms with E-state index in [1.165, 1.54) is 15.4 Å². The van der Waals surface area contributed by atoms with Crippen molar-refractivity contribution in [2.75, 3.05) is 0 Å². The van der Waals surface area contributed by atoms with E-state index >= 15 is 0 Å². The summed E-state index contributed by atoms with van der Waals surface area (Å²) in [6.07, 6.45) is 3.94. The summed E-state index contributed by atoms with van der Waals surface area (Å²) in [5, 5.41) is 4.54. The molecule has 0 radical (unpaired) electrons. The van der Waals surface area contributed by atoms with Crippen LogP contribution < -0.4 is 5.32 Å². The lowest BCUT2D eigenvalue weighted by molar-refractivity contribution is 0.689. The fraction of sp³-hybridized carbons (Fsp3) is 0.364. The zero-order chi connectivity index (χ0) is 10.7. The number of aryl methyl sites for hydroxylation is 2. The van der Waals surface area contributed by atoms with Crippen molar-refractivity contribution in [3.8, 4) is 0 Å². The smallest absolute Gasteiger partial charge is 0.107 e. The van der Waals surface area contributed by atoms with Crippen LogP contribution in [0.15, 0.2) is 18.5 Å². The highest BCUT2D eigenvalue weighted by molar-refractivity contribution is 7.11. The Kier molecular flexibility index (Phi) is 3.18. The summed E-state index contributed by atoms with van der Waals surface area (Å²) in [7, 11) is 0. The van der Waals surface area contributed by atoms with Gasteiger partial charge < -0.3 is 10.3 Å². The summed E-state index contributed by atoms with van der Waals surface area (Å²) < 4.78 is 0. The maximum absolute atomic E-state index is 4.48. The first-order valence-electron chi connectivity index (χ1n) is 5.01. The molecule has 4 heteroatoms. The van der Waals surface area contributed by atoms with Gasteiger partial charge in [-0.1, -0.05) is 0 Å². The number of nitrogens with one attached hydrogen (secondary N) is 2. The number of aromatic amines is 1. The van der Waals surface area contributed by atoms with Gasteiger partial charge in [0.15, 0.2) is 0 Å². The number of hydrogen-bond donors (Lipinski definition) is 2. The third-order valence-electron chi connectivity index (χ3n) is 2.34. The molecular formula is C11H15N3S. The number of thiazole rings is 1. The van der Waals surface area contributed by atoms with Gasteiger partial charge in [0.05, 0.1) is 5.69 Å². The van der Waals surface area contributed by atoms with Crippen molar-refractivity contribution in [3.05, 3.63) is 39.6 Å². The Hall–Kier alpha value is -1.13. The number of aromatic nitrogens is 2. The van der Waals surface area contributed by atoms with Crippen molar-refractivity contribution >= 4 is 11.3 Å². The maximum Gasteiger partial charge on any atom is 0.107 e. The van der Waals surface area contributed by atoms with Crippen LogP contribution >= 0.6 is 11.3 Å². The molecule has 2 rings (SSSR count). The molecule has 2 heterocycles. The highest BCUT2D eigenvalue weighted by Gasteiger charge is 2.02. The lowest BCUT2D eigenvalue weighted by Crippen LogP contribution is -2.11. The van der Waals surface area contributed by atoms with Crippen LogP contribution in [-0.2, 0) is 13.1 Å². The van der Waals surface area contributed by atoms with Crippen LogP contribution in [-0.4, -0.2) is 9.97 Å². The van der Waals surface area contributed by atoms with E-state index in [1.807, 2.05) is 12.4 Å². The molecule has 0 aliphatic rings. The monoisotopic (exact) mass is 221 g/mol. The quantitative estimate of drug-likeness (QED) is 0.832. The Labute approximate surface area is 93.6 Å². The lowest BCUT2D eigenvalue weighted by Gasteiger charge is -1.99. The molecule has 80 valence electrons. The summed E-state index contributed by atoms with van der Waals surface area (Å²) in [5.74, 6) is 0. The number of rotatable bonds is 4. The Morgan fingerprint density at radius 3 is 2.87 bits per heavy atom. The summed E-state index contributed by atoms with van der Waals surface area (Å²) in [5.41, 5.74) is 2.43. The molecule has 2 aromatic rings. The summed E-state index contributed by atoms with van der Waals surface area (Å²) in [4.78, 5) is 8.83. The minimum Gasteiger partial charge on any atom is -0.367 e. The average molecular weight is 221 g/mol. The highest BCUT2D eigenvalue weighted by Crippen LogP contribution is 2.15. The summed E-state index contributed by atoms with van der Waals surface area (Å²) in [6, 6.07) is 2.07. The number of H-pyrrole nitrogens is 1. The van der Waals surface area contributed by atoms with Crippen molar-refractivity contribution in [2.45, 2.75) is 26.9 Å². The third-order valence-corrected chi connectivity index (χ3v) is 3.41. The van der Waals surface area contributed by atoms with Crippen LogP contribution in [0.1, 0.15) is 21.1 Å². The van der Waals surface area contributed by atoms with Crippen LogP contribution in [0.2, 0.25) is 0 Å². The minimum absolute atomic E-state index is 0.852. The topological polar surface area (TPSA) is 40.7 Å². The van der Waals surface area contributed by atoms with Crippen LogP contribution in [0.5, 0.6) is 0 Å². The van der Waals surface area contributed by atoms with Crippen molar-refractivity contribution in [1.82, 2.24) is 15.3 Å². The fourth-order valence-corrected chi connectivity index (χ4v) is 2.30. The van der Waals surface area contributed by atoms with Gasteiger partial charge in [0.25, 0.3) is 0 Å². The fourth-order valence-electron chi connectivity index (χ4n) is 1.40. The lowest BCUT2D eigenvalue weighted by atomic mass is 10.3. The number of hydrogen-bond acceptors (Lipinski definition) is 3. The first kappa shape index (κ1) is 10.4. The molecule has 2 N–H and O–H groups in total. The second-order valence-corrected chi connectivity index (χ2v) is 4.86.